The Balaban J connectivity index is 2.78. The van der Waals surface area contributed by atoms with Crippen LogP contribution in [0.1, 0.15) is 37.0 Å². The SMILES string of the molecule is CCC(Br)C(=O)NNC(=O)c1ccccc1NC(=O)C(Br)CC. The van der Waals surface area contributed by atoms with Crippen molar-refractivity contribution in [3.05, 3.63) is 29.8 Å². The van der Waals surface area contributed by atoms with Crippen molar-refractivity contribution in [3.63, 3.8) is 0 Å². The fourth-order valence-electron chi connectivity index (χ4n) is 1.64. The van der Waals surface area contributed by atoms with Gasteiger partial charge < -0.3 is 5.32 Å². The van der Waals surface area contributed by atoms with Crippen LogP contribution < -0.4 is 16.2 Å². The first-order valence-corrected chi connectivity index (χ1v) is 9.02. The molecular formula is C15H19Br2N3O3. The molecule has 0 aliphatic heterocycles. The molecule has 2 unspecified atom stereocenters. The van der Waals surface area contributed by atoms with Crippen LogP contribution in [0.2, 0.25) is 0 Å². The zero-order chi connectivity index (χ0) is 17.4. The highest BCUT2D eigenvalue weighted by Gasteiger charge is 2.18. The lowest BCUT2D eigenvalue weighted by atomic mass is 10.1. The lowest BCUT2D eigenvalue weighted by Crippen LogP contribution is -2.45. The van der Waals surface area contributed by atoms with E-state index in [2.05, 4.69) is 48.0 Å². The molecular weight excluding hydrogens is 430 g/mol. The zero-order valence-electron chi connectivity index (χ0n) is 12.9. The Morgan fingerprint density at radius 1 is 0.957 bits per heavy atom. The highest BCUT2D eigenvalue weighted by atomic mass is 79.9. The van der Waals surface area contributed by atoms with Crippen LogP contribution >= 0.6 is 31.9 Å². The van der Waals surface area contributed by atoms with Gasteiger partial charge in [0.1, 0.15) is 0 Å². The average Bonchev–Trinajstić information content (AvgIpc) is 2.58. The van der Waals surface area contributed by atoms with Crippen molar-refractivity contribution in [1.29, 1.82) is 0 Å². The number of halogens is 2. The minimum absolute atomic E-state index is 0.233. The van der Waals surface area contributed by atoms with E-state index in [1.54, 1.807) is 24.3 Å². The molecule has 23 heavy (non-hydrogen) atoms. The molecule has 3 amide bonds. The quantitative estimate of drug-likeness (QED) is 0.461. The third-order valence-electron chi connectivity index (χ3n) is 3.01. The van der Waals surface area contributed by atoms with Crippen molar-refractivity contribution in [2.45, 2.75) is 36.3 Å². The lowest BCUT2D eigenvalue weighted by Gasteiger charge is -2.14. The van der Waals surface area contributed by atoms with E-state index in [1.807, 2.05) is 13.8 Å². The van der Waals surface area contributed by atoms with Crippen LogP contribution in [0.4, 0.5) is 5.69 Å². The molecule has 8 heteroatoms. The van der Waals surface area contributed by atoms with E-state index in [1.165, 1.54) is 0 Å². The van der Waals surface area contributed by atoms with Gasteiger partial charge in [-0.3, -0.25) is 25.2 Å². The number of hydrogen-bond donors (Lipinski definition) is 3. The number of amides is 3. The Morgan fingerprint density at radius 2 is 1.52 bits per heavy atom. The van der Waals surface area contributed by atoms with Crippen molar-refractivity contribution in [2.24, 2.45) is 0 Å². The van der Waals surface area contributed by atoms with Crippen molar-refractivity contribution < 1.29 is 14.4 Å². The second kappa shape index (κ2) is 9.67. The first-order valence-electron chi connectivity index (χ1n) is 7.18. The van der Waals surface area contributed by atoms with E-state index in [0.29, 0.717) is 18.5 Å². The number of benzene rings is 1. The summed E-state index contributed by atoms with van der Waals surface area (Å²) in [6.45, 7) is 3.72. The van der Waals surface area contributed by atoms with Gasteiger partial charge in [0.05, 0.1) is 20.9 Å². The van der Waals surface area contributed by atoms with Gasteiger partial charge in [-0.1, -0.05) is 57.8 Å². The third kappa shape index (κ3) is 5.95. The lowest BCUT2D eigenvalue weighted by molar-refractivity contribution is -0.121. The van der Waals surface area contributed by atoms with E-state index >= 15 is 0 Å². The molecule has 0 radical (unpaired) electrons. The van der Waals surface area contributed by atoms with Gasteiger partial charge in [0.25, 0.3) is 11.8 Å². The topological polar surface area (TPSA) is 87.3 Å². The summed E-state index contributed by atoms with van der Waals surface area (Å²) in [5.74, 6) is -1.08. The fourth-order valence-corrected chi connectivity index (χ4v) is 1.86. The molecule has 0 aliphatic carbocycles. The van der Waals surface area contributed by atoms with Crippen LogP contribution in [-0.2, 0) is 9.59 Å². The van der Waals surface area contributed by atoms with E-state index in [9.17, 15) is 14.4 Å². The molecule has 1 aromatic carbocycles. The van der Waals surface area contributed by atoms with Gasteiger partial charge in [-0.25, -0.2) is 0 Å². The van der Waals surface area contributed by atoms with Crippen LogP contribution in [0.5, 0.6) is 0 Å². The second-order valence-corrected chi connectivity index (χ2v) is 6.94. The monoisotopic (exact) mass is 447 g/mol. The predicted octanol–water partition coefficient (Wildman–Crippen LogP) is 2.73. The summed E-state index contributed by atoms with van der Waals surface area (Å²) >= 11 is 6.45. The standard InChI is InChI=1S/C15H19Br2N3O3/c1-3-10(16)14(22)18-12-8-6-5-7-9(12)13(21)19-20-15(23)11(17)4-2/h5-8,10-11H,3-4H2,1-2H3,(H,18,22)(H,19,21)(H,20,23). The Morgan fingerprint density at radius 3 is 2.13 bits per heavy atom. The molecule has 0 saturated heterocycles. The number of para-hydroxylation sites is 1. The van der Waals surface area contributed by atoms with Gasteiger partial charge in [-0.05, 0) is 25.0 Å². The van der Waals surface area contributed by atoms with Gasteiger partial charge in [0.15, 0.2) is 0 Å². The molecule has 0 bridgehead atoms. The highest BCUT2D eigenvalue weighted by molar-refractivity contribution is 9.10. The first kappa shape index (κ1) is 19.6. The summed E-state index contributed by atoms with van der Waals surface area (Å²) in [6.07, 6.45) is 1.22. The van der Waals surface area contributed by atoms with Gasteiger partial charge in [-0.2, -0.15) is 0 Å². The number of alkyl halides is 2. The molecule has 0 fully saturated rings. The van der Waals surface area contributed by atoms with Gasteiger partial charge in [0.2, 0.25) is 5.91 Å². The molecule has 0 aliphatic rings. The molecule has 6 nitrogen and oxygen atoms in total. The van der Waals surface area contributed by atoms with Crippen LogP contribution in [0.15, 0.2) is 24.3 Å². The van der Waals surface area contributed by atoms with Crippen LogP contribution in [-0.4, -0.2) is 27.4 Å². The molecule has 126 valence electrons. The molecule has 0 heterocycles. The van der Waals surface area contributed by atoms with E-state index in [-0.39, 0.29) is 27.0 Å². The van der Waals surface area contributed by atoms with Gasteiger partial charge in [0, 0.05) is 0 Å². The van der Waals surface area contributed by atoms with Crippen LogP contribution in [0.3, 0.4) is 0 Å². The smallest absolute Gasteiger partial charge is 0.271 e. The summed E-state index contributed by atoms with van der Waals surface area (Å²) in [5.41, 5.74) is 5.32. The van der Waals surface area contributed by atoms with Gasteiger partial charge in [-0.15, -0.1) is 0 Å². The maximum Gasteiger partial charge on any atom is 0.271 e. The minimum atomic E-state index is -0.507. The predicted molar refractivity (Wildman–Crippen MR) is 96.7 cm³/mol. The number of rotatable bonds is 6. The maximum absolute atomic E-state index is 12.2. The number of hydrazine groups is 1. The Bertz CT molecular complexity index is 581. The Labute approximate surface area is 152 Å². The first-order chi connectivity index (χ1) is 10.9. The fraction of sp³-hybridized carbons (Fsp3) is 0.400. The van der Waals surface area contributed by atoms with E-state index in [0.717, 1.165) is 0 Å². The summed E-state index contributed by atoms with van der Waals surface area (Å²) in [4.78, 5) is 35.1. The number of carbonyl (C=O) groups is 3. The minimum Gasteiger partial charge on any atom is -0.324 e. The summed E-state index contributed by atoms with van der Waals surface area (Å²) in [5, 5.41) is 2.70. The molecule has 0 aromatic heterocycles. The highest BCUT2D eigenvalue weighted by Crippen LogP contribution is 2.17. The number of nitrogens with one attached hydrogen (secondary N) is 3. The van der Waals surface area contributed by atoms with E-state index < -0.39 is 5.91 Å². The molecule has 1 rings (SSSR count). The van der Waals surface area contributed by atoms with Crippen molar-refractivity contribution >= 4 is 55.3 Å². The second-order valence-electron chi connectivity index (χ2n) is 4.73. The van der Waals surface area contributed by atoms with Crippen molar-refractivity contribution in [2.75, 3.05) is 5.32 Å². The van der Waals surface area contributed by atoms with Crippen molar-refractivity contribution in [1.82, 2.24) is 10.9 Å². The zero-order valence-corrected chi connectivity index (χ0v) is 16.0. The summed E-state index contributed by atoms with van der Waals surface area (Å²) in [7, 11) is 0. The number of anilines is 1. The van der Waals surface area contributed by atoms with Crippen molar-refractivity contribution in [3.8, 4) is 0 Å². The van der Waals surface area contributed by atoms with Crippen LogP contribution in [0, 0.1) is 0 Å². The number of hydrogen-bond acceptors (Lipinski definition) is 3. The molecule has 0 saturated carbocycles. The van der Waals surface area contributed by atoms with Gasteiger partial charge >= 0.3 is 0 Å². The molecule has 2 atom stereocenters. The normalized spacial score (nSPS) is 12.9. The summed E-state index contributed by atoms with van der Waals surface area (Å²) < 4.78 is 0. The van der Waals surface area contributed by atoms with Crippen LogP contribution in [0.25, 0.3) is 0 Å². The van der Waals surface area contributed by atoms with E-state index in [4.69, 9.17) is 0 Å². The summed E-state index contributed by atoms with van der Waals surface area (Å²) in [6, 6.07) is 6.59. The molecule has 0 spiro atoms. The molecule has 1 aromatic rings. The Kier molecular flexibility index (Phi) is 8.25. The largest absolute Gasteiger partial charge is 0.324 e. The average molecular weight is 449 g/mol. The Hall–Kier alpha value is -1.41. The third-order valence-corrected chi connectivity index (χ3v) is 5.14. The number of carbonyl (C=O) groups excluding carboxylic acids is 3. The maximum atomic E-state index is 12.2. The molecule has 3 N–H and O–H groups in total.